The number of halogens is 1. The first-order valence-corrected chi connectivity index (χ1v) is 8.93. The number of anilines is 1. The quantitative estimate of drug-likeness (QED) is 0.688. The van der Waals surface area contributed by atoms with Crippen molar-refractivity contribution in [3.63, 3.8) is 0 Å². The Hall–Kier alpha value is -1.52. The Morgan fingerprint density at radius 1 is 1.14 bits per heavy atom. The summed E-state index contributed by atoms with van der Waals surface area (Å²) in [7, 11) is 0. The van der Waals surface area contributed by atoms with Crippen LogP contribution in [0, 0.1) is 0 Å². The smallest absolute Gasteiger partial charge is 0.0931 e. The van der Waals surface area contributed by atoms with Crippen LogP contribution in [0.1, 0.15) is 24.1 Å². The van der Waals surface area contributed by atoms with Crippen LogP contribution in [0.4, 0.5) is 5.69 Å². The van der Waals surface area contributed by atoms with Crippen LogP contribution in [0.5, 0.6) is 0 Å². The number of hydrogen-bond acceptors (Lipinski definition) is 3. The van der Waals surface area contributed by atoms with Crippen LogP contribution in [0.2, 0.25) is 4.34 Å². The van der Waals surface area contributed by atoms with Gasteiger partial charge in [-0.15, -0.1) is 11.3 Å². The van der Waals surface area contributed by atoms with Gasteiger partial charge in [-0.05, 0) is 37.5 Å². The minimum Gasteiger partial charge on any atom is -0.370 e. The summed E-state index contributed by atoms with van der Waals surface area (Å²) in [6, 6.07) is 6.21. The second-order valence-corrected chi connectivity index (χ2v) is 7.59. The average molecular weight is 332 g/mol. The Morgan fingerprint density at radius 3 is 2.77 bits per heavy atom. The number of piperidine rings is 1. The Kier molecular flexibility index (Phi) is 3.80. The number of fused-ring (bicyclic) bond motifs is 1. The zero-order chi connectivity index (χ0) is 14.9. The molecule has 4 rings (SSSR count). The summed E-state index contributed by atoms with van der Waals surface area (Å²) < 4.78 is 3.15. The molecule has 1 saturated heterocycles. The van der Waals surface area contributed by atoms with Gasteiger partial charge in [0, 0.05) is 35.7 Å². The summed E-state index contributed by atoms with van der Waals surface area (Å²) in [5, 5.41) is 1.31. The Morgan fingerprint density at radius 2 is 2.00 bits per heavy atom. The lowest BCUT2D eigenvalue weighted by atomic mass is 10.1. The third-order valence-corrected chi connectivity index (χ3v) is 5.53. The Labute approximate surface area is 139 Å². The SMILES string of the molecule is Clc1ccc(Cn2cc(N3CCCCC3)c3ccncc32)s1. The molecule has 3 nitrogen and oxygen atoms in total. The highest BCUT2D eigenvalue weighted by Gasteiger charge is 2.17. The number of rotatable bonds is 3. The third kappa shape index (κ3) is 2.61. The van der Waals surface area contributed by atoms with Gasteiger partial charge < -0.3 is 9.47 Å². The number of pyridine rings is 1. The Bertz CT molecular complexity index is 786. The van der Waals surface area contributed by atoms with Crippen LogP contribution in [0.25, 0.3) is 10.9 Å². The normalized spacial score (nSPS) is 15.6. The molecule has 0 amide bonds. The molecule has 4 heterocycles. The van der Waals surface area contributed by atoms with E-state index in [9.17, 15) is 0 Å². The molecule has 1 aliphatic heterocycles. The summed E-state index contributed by atoms with van der Waals surface area (Å²) in [4.78, 5) is 8.11. The summed E-state index contributed by atoms with van der Waals surface area (Å²) in [5.41, 5.74) is 2.55. The lowest BCUT2D eigenvalue weighted by molar-refractivity contribution is 0.578. The lowest BCUT2D eigenvalue weighted by Crippen LogP contribution is -2.29. The topological polar surface area (TPSA) is 21.1 Å². The van der Waals surface area contributed by atoms with E-state index in [1.54, 1.807) is 11.3 Å². The molecular formula is C17H18ClN3S. The zero-order valence-electron chi connectivity index (χ0n) is 12.3. The molecule has 0 radical (unpaired) electrons. The first-order chi connectivity index (χ1) is 10.8. The first kappa shape index (κ1) is 14.1. The van der Waals surface area contributed by atoms with Crippen LogP contribution in [0.3, 0.4) is 0 Å². The fraction of sp³-hybridized carbons (Fsp3) is 0.353. The van der Waals surface area contributed by atoms with Crippen molar-refractivity contribution < 1.29 is 0 Å². The molecule has 22 heavy (non-hydrogen) atoms. The lowest BCUT2D eigenvalue weighted by Gasteiger charge is -2.28. The molecule has 3 aromatic heterocycles. The van der Waals surface area contributed by atoms with E-state index in [1.165, 1.54) is 40.7 Å². The number of nitrogens with zero attached hydrogens (tertiary/aromatic N) is 3. The average Bonchev–Trinajstić information content (AvgIpc) is 3.13. The summed E-state index contributed by atoms with van der Waals surface area (Å²) in [6.45, 7) is 3.17. The molecule has 5 heteroatoms. The van der Waals surface area contributed by atoms with E-state index < -0.39 is 0 Å². The molecule has 0 N–H and O–H groups in total. The monoisotopic (exact) mass is 331 g/mol. The van der Waals surface area contributed by atoms with Crippen LogP contribution in [-0.2, 0) is 6.54 Å². The van der Waals surface area contributed by atoms with Gasteiger partial charge in [-0.25, -0.2) is 0 Å². The summed E-state index contributed by atoms with van der Waals surface area (Å²) in [5.74, 6) is 0. The molecule has 0 atom stereocenters. The highest BCUT2D eigenvalue weighted by Crippen LogP contribution is 2.32. The molecule has 1 aliphatic rings. The van der Waals surface area contributed by atoms with E-state index in [-0.39, 0.29) is 0 Å². The fourth-order valence-corrected chi connectivity index (χ4v) is 4.33. The zero-order valence-corrected chi connectivity index (χ0v) is 13.9. The van der Waals surface area contributed by atoms with Crippen LogP contribution >= 0.6 is 22.9 Å². The second-order valence-electron chi connectivity index (χ2n) is 5.79. The van der Waals surface area contributed by atoms with Crippen molar-refractivity contribution in [3.05, 3.63) is 46.0 Å². The van der Waals surface area contributed by atoms with E-state index in [4.69, 9.17) is 11.6 Å². The maximum absolute atomic E-state index is 6.06. The van der Waals surface area contributed by atoms with E-state index in [0.717, 1.165) is 24.0 Å². The van der Waals surface area contributed by atoms with E-state index in [2.05, 4.69) is 32.8 Å². The van der Waals surface area contributed by atoms with Gasteiger partial charge in [-0.2, -0.15) is 0 Å². The van der Waals surface area contributed by atoms with Crippen molar-refractivity contribution in [2.75, 3.05) is 18.0 Å². The largest absolute Gasteiger partial charge is 0.370 e. The molecule has 3 aromatic rings. The highest BCUT2D eigenvalue weighted by molar-refractivity contribution is 7.16. The molecule has 1 fully saturated rings. The minimum atomic E-state index is 0.848. The molecule has 114 valence electrons. The van der Waals surface area contributed by atoms with Gasteiger partial charge in [0.1, 0.15) is 0 Å². The van der Waals surface area contributed by atoms with Crippen molar-refractivity contribution >= 4 is 39.5 Å². The standard InChI is InChI=1S/C17H18ClN3S/c18-17-5-4-13(22-17)11-21-12-16(20-8-2-1-3-9-20)14-6-7-19-10-15(14)21/h4-7,10,12H,1-3,8-9,11H2. The van der Waals surface area contributed by atoms with Crippen molar-refractivity contribution in [3.8, 4) is 0 Å². The van der Waals surface area contributed by atoms with Gasteiger partial charge in [0.05, 0.1) is 28.3 Å². The maximum atomic E-state index is 6.06. The van der Waals surface area contributed by atoms with Crippen molar-refractivity contribution in [1.29, 1.82) is 0 Å². The highest BCUT2D eigenvalue weighted by atomic mass is 35.5. The number of aromatic nitrogens is 2. The van der Waals surface area contributed by atoms with Crippen molar-refractivity contribution in [1.82, 2.24) is 9.55 Å². The summed E-state index contributed by atoms with van der Waals surface area (Å²) in [6.07, 6.45) is 10.1. The van der Waals surface area contributed by atoms with E-state index >= 15 is 0 Å². The van der Waals surface area contributed by atoms with Crippen LogP contribution < -0.4 is 4.90 Å². The van der Waals surface area contributed by atoms with Gasteiger partial charge in [0.25, 0.3) is 0 Å². The van der Waals surface area contributed by atoms with Gasteiger partial charge >= 0.3 is 0 Å². The molecule has 0 aromatic carbocycles. The van der Waals surface area contributed by atoms with Gasteiger partial charge in [-0.1, -0.05) is 11.6 Å². The van der Waals surface area contributed by atoms with Gasteiger partial charge in [0.15, 0.2) is 0 Å². The van der Waals surface area contributed by atoms with Crippen molar-refractivity contribution in [2.24, 2.45) is 0 Å². The van der Waals surface area contributed by atoms with Gasteiger partial charge in [-0.3, -0.25) is 4.98 Å². The van der Waals surface area contributed by atoms with E-state index in [1.807, 2.05) is 18.5 Å². The molecule has 0 aliphatic carbocycles. The molecule has 0 unspecified atom stereocenters. The molecular weight excluding hydrogens is 314 g/mol. The Balaban J connectivity index is 1.74. The maximum Gasteiger partial charge on any atom is 0.0931 e. The second kappa shape index (κ2) is 5.94. The predicted octanol–water partition coefficient (Wildman–Crippen LogP) is 4.79. The fourth-order valence-electron chi connectivity index (χ4n) is 3.24. The molecule has 0 saturated carbocycles. The van der Waals surface area contributed by atoms with Crippen molar-refractivity contribution in [2.45, 2.75) is 25.8 Å². The van der Waals surface area contributed by atoms with Crippen LogP contribution in [0.15, 0.2) is 36.8 Å². The molecule has 0 bridgehead atoms. The van der Waals surface area contributed by atoms with E-state index in [0.29, 0.717) is 0 Å². The van der Waals surface area contributed by atoms with Gasteiger partial charge in [0.2, 0.25) is 0 Å². The van der Waals surface area contributed by atoms with Crippen LogP contribution in [-0.4, -0.2) is 22.6 Å². The predicted molar refractivity (Wildman–Crippen MR) is 94.2 cm³/mol. The number of thiophene rings is 1. The minimum absolute atomic E-state index is 0.848. The number of hydrogen-bond donors (Lipinski definition) is 0. The summed E-state index contributed by atoms with van der Waals surface area (Å²) >= 11 is 7.71. The first-order valence-electron chi connectivity index (χ1n) is 7.73. The molecule has 0 spiro atoms. The third-order valence-electron chi connectivity index (χ3n) is 4.32.